The highest BCUT2D eigenvalue weighted by Gasteiger charge is 2.34. The Morgan fingerprint density at radius 2 is 2.29 bits per heavy atom. The molecule has 7 nitrogen and oxygen atoms in total. The number of nitrogens with zero attached hydrogens (tertiary/aromatic N) is 3. The van der Waals surface area contributed by atoms with Gasteiger partial charge in [0.2, 0.25) is 11.7 Å². The van der Waals surface area contributed by atoms with E-state index in [4.69, 9.17) is 9.26 Å². The number of aromatic nitrogens is 2. The lowest BCUT2D eigenvalue weighted by Crippen LogP contribution is -2.42. The Morgan fingerprint density at radius 3 is 3.04 bits per heavy atom. The number of carbonyl (C=O) groups is 1. The summed E-state index contributed by atoms with van der Waals surface area (Å²) >= 11 is 0. The highest BCUT2D eigenvalue weighted by Crippen LogP contribution is 2.32. The van der Waals surface area contributed by atoms with Crippen molar-refractivity contribution in [3.63, 3.8) is 0 Å². The van der Waals surface area contributed by atoms with E-state index in [-0.39, 0.29) is 18.1 Å². The SMILES string of the molecule is COc1cccc(-c2noc(C3CCCN3C(=O)NC(C)C)n2)c1. The van der Waals surface area contributed by atoms with E-state index in [0.717, 1.165) is 24.2 Å². The molecule has 1 aliphatic heterocycles. The molecule has 7 heteroatoms. The van der Waals surface area contributed by atoms with Crippen LogP contribution in [-0.4, -0.2) is 40.8 Å². The summed E-state index contributed by atoms with van der Waals surface area (Å²) in [7, 11) is 1.62. The molecule has 24 heavy (non-hydrogen) atoms. The average molecular weight is 330 g/mol. The molecule has 3 rings (SSSR count). The van der Waals surface area contributed by atoms with Crippen LogP contribution in [0.1, 0.15) is 38.6 Å². The van der Waals surface area contributed by atoms with E-state index in [0.29, 0.717) is 18.3 Å². The zero-order valence-corrected chi connectivity index (χ0v) is 14.2. The molecule has 1 unspecified atom stereocenters. The fourth-order valence-electron chi connectivity index (χ4n) is 2.85. The number of methoxy groups -OCH3 is 1. The van der Waals surface area contributed by atoms with Crippen molar-refractivity contribution >= 4 is 6.03 Å². The van der Waals surface area contributed by atoms with E-state index in [1.165, 1.54) is 0 Å². The lowest BCUT2D eigenvalue weighted by molar-refractivity contribution is 0.178. The number of hydrogen-bond donors (Lipinski definition) is 1. The predicted molar refractivity (Wildman–Crippen MR) is 88.6 cm³/mol. The van der Waals surface area contributed by atoms with Crippen LogP contribution in [0.25, 0.3) is 11.4 Å². The van der Waals surface area contributed by atoms with Gasteiger partial charge in [-0.1, -0.05) is 17.3 Å². The van der Waals surface area contributed by atoms with Gasteiger partial charge in [-0.3, -0.25) is 0 Å². The van der Waals surface area contributed by atoms with E-state index in [9.17, 15) is 4.79 Å². The van der Waals surface area contributed by atoms with Crippen molar-refractivity contribution < 1.29 is 14.1 Å². The summed E-state index contributed by atoms with van der Waals surface area (Å²) in [5, 5.41) is 6.98. The molecule has 0 aliphatic carbocycles. The van der Waals surface area contributed by atoms with E-state index >= 15 is 0 Å². The van der Waals surface area contributed by atoms with E-state index in [2.05, 4.69) is 15.5 Å². The molecule has 1 aromatic heterocycles. The standard InChI is InChI=1S/C17H22N4O3/c1-11(2)18-17(22)21-9-5-8-14(21)16-19-15(20-24-16)12-6-4-7-13(10-12)23-3/h4,6-7,10-11,14H,5,8-9H2,1-3H3,(H,18,22). The van der Waals surface area contributed by atoms with Crippen LogP contribution in [-0.2, 0) is 0 Å². The van der Waals surface area contributed by atoms with Crippen molar-refractivity contribution in [3.8, 4) is 17.1 Å². The molecule has 128 valence electrons. The Morgan fingerprint density at radius 1 is 1.46 bits per heavy atom. The Bertz CT molecular complexity index is 713. The van der Waals surface area contributed by atoms with Gasteiger partial charge in [0, 0.05) is 18.2 Å². The van der Waals surface area contributed by atoms with Crippen molar-refractivity contribution in [2.24, 2.45) is 0 Å². The largest absolute Gasteiger partial charge is 0.497 e. The molecule has 1 saturated heterocycles. The third kappa shape index (κ3) is 3.34. The molecule has 1 atom stereocenters. The highest BCUT2D eigenvalue weighted by atomic mass is 16.5. The predicted octanol–water partition coefficient (Wildman–Crippen LogP) is 3.00. The molecule has 2 aromatic rings. The van der Waals surface area contributed by atoms with Gasteiger partial charge in [0.25, 0.3) is 0 Å². The van der Waals surface area contributed by atoms with Crippen LogP contribution in [0.15, 0.2) is 28.8 Å². The number of carbonyl (C=O) groups excluding carboxylic acids is 1. The Balaban J connectivity index is 1.80. The minimum atomic E-state index is -0.171. The highest BCUT2D eigenvalue weighted by molar-refractivity contribution is 5.75. The Kier molecular flexibility index (Phi) is 4.69. The lowest BCUT2D eigenvalue weighted by Gasteiger charge is -2.23. The van der Waals surface area contributed by atoms with Crippen LogP contribution >= 0.6 is 0 Å². The quantitative estimate of drug-likeness (QED) is 0.932. The third-order valence-corrected chi connectivity index (χ3v) is 3.98. The second kappa shape index (κ2) is 6.90. The van der Waals surface area contributed by atoms with Gasteiger partial charge in [-0.15, -0.1) is 0 Å². The van der Waals surface area contributed by atoms with E-state index in [1.807, 2.05) is 38.1 Å². The van der Waals surface area contributed by atoms with Gasteiger partial charge in [0.05, 0.1) is 7.11 Å². The summed E-state index contributed by atoms with van der Waals surface area (Å²) in [5.41, 5.74) is 0.820. The summed E-state index contributed by atoms with van der Waals surface area (Å²) in [6, 6.07) is 7.32. The number of benzene rings is 1. The zero-order chi connectivity index (χ0) is 17.1. The van der Waals surface area contributed by atoms with Crippen molar-refractivity contribution in [1.29, 1.82) is 0 Å². The lowest BCUT2D eigenvalue weighted by atomic mass is 10.2. The minimum Gasteiger partial charge on any atom is -0.497 e. The summed E-state index contributed by atoms with van der Waals surface area (Å²) in [6.45, 7) is 4.58. The van der Waals surface area contributed by atoms with Crippen LogP contribution in [0.2, 0.25) is 0 Å². The summed E-state index contributed by atoms with van der Waals surface area (Å²) < 4.78 is 10.7. The molecule has 1 N–H and O–H groups in total. The Labute approximate surface area is 141 Å². The topological polar surface area (TPSA) is 80.5 Å². The minimum absolute atomic E-state index is 0.0892. The van der Waals surface area contributed by atoms with Crippen LogP contribution in [0.3, 0.4) is 0 Å². The number of nitrogens with one attached hydrogen (secondary N) is 1. The molecule has 1 aliphatic rings. The summed E-state index contributed by atoms with van der Waals surface area (Å²) in [6.07, 6.45) is 1.75. The van der Waals surface area contributed by atoms with E-state index < -0.39 is 0 Å². The number of urea groups is 1. The first-order valence-electron chi connectivity index (χ1n) is 8.13. The number of likely N-dealkylation sites (tertiary alicyclic amines) is 1. The first kappa shape index (κ1) is 16.3. The number of amides is 2. The smallest absolute Gasteiger partial charge is 0.318 e. The van der Waals surface area contributed by atoms with Gasteiger partial charge >= 0.3 is 6.03 Å². The molecule has 1 fully saturated rings. The van der Waals surface area contributed by atoms with Crippen LogP contribution in [0.4, 0.5) is 4.79 Å². The van der Waals surface area contributed by atoms with Crippen LogP contribution in [0.5, 0.6) is 5.75 Å². The van der Waals surface area contributed by atoms with Gasteiger partial charge < -0.3 is 19.5 Å². The number of rotatable bonds is 4. The van der Waals surface area contributed by atoms with Crippen molar-refractivity contribution in [2.45, 2.75) is 38.8 Å². The summed E-state index contributed by atoms with van der Waals surface area (Å²) in [4.78, 5) is 18.6. The normalized spacial score (nSPS) is 17.3. The molecule has 2 heterocycles. The molecule has 0 spiro atoms. The maximum absolute atomic E-state index is 12.3. The molecular formula is C17H22N4O3. The summed E-state index contributed by atoms with van der Waals surface area (Å²) in [5.74, 6) is 1.71. The molecular weight excluding hydrogens is 308 g/mol. The molecule has 1 aromatic carbocycles. The van der Waals surface area contributed by atoms with Crippen LogP contribution < -0.4 is 10.1 Å². The van der Waals surface area contributed by atoms with Gasteiger partial charge in [0.15, 0.2) is 0 Å². The first-order valence-corrected chi connectivity index (χ1v) is 8.13. The van der Waals surface area contributed by atoms with E-state index in [1.54, 1.807) is 12.0 Å². The maximum atomic E-state index is 12.3. The van der Waals surface area contributed by atoms with Crippen molar-refractivity contribution in [2.75, 3.05) is 13.7 Å². The average Bonchev–Trinajstić information content (AvgIpc) is 3.23. The second-order valence-corrected chi connectivity index (χ2v) is 6.14. The Hall–Kier alpha value is -2.57. The molecule has 0 bridgehead atoms. The molecule has 2 amide bonds. The monoisotopic (exact) mass is 330 g/mol. The van der Waals surface area contributed by atoms with Gasteiger partial charge in [-0.05, 0) is 38.8 Å². The van der Waals surface area contributed by atoms with Crippen molar-refractivity contribution in [1.82, 2.24) is 20.4 Å². The first-order chi connectivity index (χ1) is 11.6. The fraction of sp³-hybridized carbons (Fsp3) is 0.471. The van der Waals surface area contributed by atoms with Crippen LogP contribution in [0, 0.1) is 0 Å². The zero-order valence-electron chi connectivity index (χ0n) is 14.2. The van der Waals surface area contributed by atoms with Gasteiger partial charge in [-0.2, -0.15) is 4.98 Å². The van der Waals surface area contributed by atoms with Gasteiger partial charge in [-0.25, -0.2) is 4.79 Å². The maximum Gasteiger partial charge on any atom is 0.318 e. The van der Waals surface area contributed by atoms with Crippen molar-refractivity contribution in [3.05, 3.63) is 30.2 Å². The number of ether oxygens (including phenoxy) is 1. The fourth-order valence-corrected chi connectivity index (χ4v) is 2.85. The molecule has 0 saturated carbocycles. The second-order valence-electron chi connectivity index (χ2n) is 6.14. The molecule has 0 radical (unpaired) electrons. The number of hydrogen-bond acceptors (Lipinski definition) is 5. The van der Waals surface area contributed by atoms with Gasteiger partial charge in [0.1, 0.15) is 11.8 Å². The third-order valence-electron chi connectivity index (χ3n) is 3.98.